The number of rotatable bonds is 15. The third-order valence-electron chi connectivity index (χ3n) is 10.7. The number of Topliss-reactive ketones (excluding diaryl/α,β-unsaturated/α-hetero) is 1. The molecule has 3 saturated heterocycles. The van der Waals surface area contributed by atoms with E-state index >= 15 is 0 Å². The molecule has 8 N–H and O–H groups in total. The second-order valence-electron chi connectivity index (χ2n) is 14.2. The molecule has 3 amide bonds. The summed E-state index contributed by atoms with van der Waals surface area (Å²) in [6.07, 6.45) is -1.87. The number of piperidine rings is 1. The van der Waals surface area contributed by atoms with E-state index in [1.807, 2.05) is 0 Å². The lowest BCUT2D eigenvalue weighted by molar-refractivity contribution is -0.905. The van der Waals surface area contributed by atoms with Crippen molar-refractivity contribution in [2.45, 2.75) is 37.2 Å². The fourth-order valence-corrected chi connectivity index (χ4v) is 9.99. The number of oxime groups is 1. The lowest BCUT2D eigenvalue weighted by Crippen LogP contribution is -2.62. The van der Waals surface area contributed by atoms with Crippen LogP contribution in [0, 0.1) is 11.3 Å². The van der Waals surface area contributed by atoms with Crippen LogP contribution >= 0.6 is 23.1 Å². The molecule has 55 heavy (non-hydrogen) atoms. The van der Waals surface area contributed by atoms with E-state index < -0.39 is 88.9 Å². The number of aromatic nitrogens is 1. The number of thioether (sulfide) groups is 1. The topological polar surface area (TPSA) is 300 Å². The average molecular weight is 801 g/mol. The number of carbonyl (C=O) groups excluding carboxylic acids is 4. The molecule has 3 fully saturated rings. The largest absolute Gasteiger partial charge is 0.504 e. The van der Waals surface area contributed by atoms with Gasteiger partial charge in [0, 0.05) is 47.9 Å². The molecule has 5 aliphatic heterocycles. The van der Waals surface area contributed by atoms with Crippen LogP contribution in [0.3, 0.4) is 0 Å². The van der Waals surface area contributed by atoms with Crippen LogP contribution in [0.5, 0.6) is 11.5 Å². The molecule has 2 aromatic rings. The maximum Gasteiger partial charge on any atom is 0.352 e. The van der Waals surface area contributed by atoms with E-state index in [9.17, 15) is 54.0 Å². The molecule has 0 aliphatic carbocycles. The Bertz CT molecular complexity index is 2080. The molecule has 3 atom stereocenters. The second kappa shape index (κ2) is 13.9. The number of phenols is 2. The zero-order valence-corrected chi connectivity index (χ0v) is 30.3. The molecule has 20 nitrogen and oxygen atoms in total. The second-order valence-corrected chi connectivity index (χ2v) is 16.2. The van der Waals surface area contributed by atoms with Gasteiger partial charge in [0.25, 0.3) is 11.8 Å². The highest BCUT2D eigenvalue weighted by molar-refractivity contribution is 8.00. The monoisotopic (exact) mass is 800 g/mol. The number of phenolic OH excluding ortho intramolecular Hbond substituents is 2. The number of thiazole rings is 1. The third-order valence-corrected chi connectivity index (χ3v) is 12.8. The van der Waals surface area contributed by atoms with Crippen molar-refractivity contribution in [2.24, 2.45) is 16.5 Å². The summed E-state index contributed by atoms with van der Waals surface area (Å²) < 4.78 is 0.544. The number of fused-ring (bicyclic) bond motifs is 4. The first-order chi connectivity index (χ1) is 26.0. The number of aromatic hydroxyl groups is 2. The zero-order chi connectivity index (χ0) is 39.6. The number of imide groups is 1. The van der Waals surface area contributed by atoms with Crippen molar-refractivity contribution in [3.05, 3.63) is 45.6 Å². The van der Waals surface area contributed by atoms with Crippen LogP contribution < -0.4 is 11.2 Å². The van der Waals surface area contributed by atoms with Gasteiger partial charge in [-0.15, -0.1) is 23.1 Å². The molecule has 0 saturated carbocycles. The average Bonchev–Trinajstić information content (AvgIpc) is 3.87. The number of β-lactam (4-membered cyclic amide) rings is 1. The van der Waals surface area contributed by atoms with E-state index in [-0.39, 0.29) is 45.4 Å². The number of nitrogens with two attached hydrogens (primary N) is 1. The Balaban J connectivity index is 1.02. The van der Waals surface area contributed by atoms with Gasteiger partial charge in [-0.2, -0.15) is 0 Å². The van der Waals surface area contributed by atoms with Crippen LogP contribution in [0.4, 0.5) is 5.13 Å². The van der Waals surface area contributed by atoms with E-state index in [0.717, 1.165) is 41.3 Å². The molecule has 5 aliphatic rings. The maximum atomic E-state index is 13.6. The van der Waals surface area contributed by atoms with Crippen LogP contribution in [0.1, 0.15) is 52.1 Å². The number of quaternary nitrogens is 1. The summed E-state index contributed by atoms with van der Waals surface area (Å²) in [7, 11) is 0. The molecule has 0 unspecified atom stereocenters. The smallest absolute Gasteiger partial charge is 0.352 e. The molecule has 7 rings (SSSR count). The van der Waals surface area contributed by atoms with Gasteiger partial charge in [0.05, 0.1) is 48.5 Å². The Morgan fingerprint density at radius 1 is 1.07 bits per heavy atom. The number of nitrogens with one attached hydrogen (secondary N) is 1. The molecule has 2 bridgehead atoms. The first-order valence-corrected chi connectivity index (χ1v) is 18.8. The molecule has 22 heteroatoms. The fraction of sp³-hybridized carbons (Fsp3) is 0.424. The van der Waals surface area contributed by atoms with Crippen LogP contribution in [0.25, 0.3) is 0 Å². The van der Waals surface area contributed by atoms with Crippen LogP contribution in [0.2, 0.25) is 0 Å². The van der Waals surface area contributed by atoms with Crippen molar-refractivity contribution in [3.63, 3.8) is 0 Å². The van der Waals surface area contributed by atoms with Gasteiger partial charge < -0.3 is 40.6 Å². The Morgan fingerprint density at radius 2 is 1.73 bits per heavy atom. The summed E-state index contributed by atoms with van der Waals surface area (Å²) >= 11 is 2.26. The Kier molecular flexibility index (Phi) is 9.55. The van der Waals surface area contributed by atoms with Gasteiger partial charge in [-0.1, -0.05) is 5.16 Å². The highest BCUT2D eigenvalue weighted by Crippen LogP contribution is 2.49. The van der Waals surface area contributed by atoms with Crippen LogP contribution in [-0.4, -0.2) is 142 Å². The Labute approximate surface area is 318 Å². The number of nitrogens with zero attached hydrogens (tertiary/aromatic N) is 5. The molecule has 6 heterocycles. The predicted molar refractivity (Wildman–Crippen MR) is 188 cm³/mol. The van der Waals surface area contributed by atoms with Gasteiger partial charge in [0.15, 0.2) is 28.1 Å². The first kappa shape index (κ1) is 37.7. The zero-order valence-electron chi connectivity index (χ0n) is 28.7. The van der Waals surface area contributed by atoms with Gasteiger partial charge in [-0.25, -0.2) is 25.0 Å². The number of carbonyl (C=O) groups is 7. The van der Waals surface area contributed by atoms with E-state index in [4.69, 9.17) is 15.7 Å². The minimum absolute atomic E-state index is 0.0317. The third kappa shape index (κ3) is 6.74. The Morgan fingerprint density at radius 3 is 2.29 bits per heavy atom. The molecule has 0 spiro atoms. The predicted octanol–water partition coefficient (Wildman–Crippen LogP) is 0.0257. The van der Waals surface area contributed by atoms with Crippen LogP contribution in [0.15, 0.2) is 33.9 Å². The van der Waals surface area contributed by atoms with Gasteiger partial charge in [-0.3, -0.25) is 28.9 Å². The van der Waals surface area contributed by atoms with E-state index in [2.05, 4.69) is 15.6 Å². The minimum atomic E-state index is -1.92. The highest BCUT2D eigenvalue weighted by Gasteiger charge is 2.58. The summed E-state index contributed by atoms with van der Waals surface area (Å²) in [6, 6.07) is 2.10. The van der Waals surface area contributed by atoms with Crippen molar-refractivity contribution in [2.75, 3.05) is 44.2 Å². The lowest BCUT2D eigenvalue weighted by Gasteiger charge is -2.50. The molecule has 290 valence electrons. The SMILES string of the molecule is Nc1nc(/C(=N/O[C@@H](CC(=O)O)C(=O)O)C(=O)C[C@@H]2C(=O)N3C(C(=O)O)=C(C[N+]45CCC(CNN6C(=O)c7cc(O)c(O)cc7C6=O)(CC4)C5)CS[C@H]23)cs1. The number of hydrogen-bond donors (Lipinski definition) is 7. The van der Waals surface area contributed by atoms with Crippen molar-refractivity contribution >= 4 is 75.4 Å². The fourth-order valence-electron chi connectivity index (χ4n) is 8.04. The van der Waals surface area contributed by atoms with Gasteiger partial charge in [-0.05, 0) is 12.1 Å². The number of anilines is 1. The molecule has 1 aromatic carbocycles. The summed E-state index contributed by atoms with van der Waals surface area (Å²) in [4.78, 5) is 98.4. The van der Waals surface area contributed by atoms with E-state index in [0.29, 0.717) is 36.2 Å². The van der Waals surface area contributed by atoms with Gasteiger partial charge in [0.1, 0.15) is 17.9 Å². The first-order valence-electron chi connectivity index (χ1n) is 16.9. The van der Waals surface area contributed by atoms with Gasteiger partial charge in [0.2, 0.25) is 12.0 Å². The number of ketones is 1. The summed E-state index contributed by atoms with van der Waals surface area (Å²) in [5.74, 6) is -8.81. The normalized spacial score (nSPS) is 26.2. The van der Waals surface area contributed by atoms with Crippen molar-refractivity contribution < 1.29 is 68.4 Å². The molecule has 1 aromatic heterocycles. The lowest BCUT2D eigenvalue weighted by atomic mass is 9.85. The van der Waals surface area contributed by atoms with Crippen molar-refractivity contribution in [1.82, 2.24) is 20.3 Å². The quantitative estimate of drug-likeness (QED) is 0.0312. The summed E-state index contributed by atoms with van der Waals surface area (Å²) in [5.41, 5.74) is 8.18. The molecule has 0 radical (unpaired) electrons. The molecular weight excluding hydrogens is 767 g/mol. The maximum absolute atomic E-state index is 13.6. The van der Waals surface area contributed by atoms with Gasteiger partial charge >= 0.3 is 17.9 Å². The number of hydrazine groups is 1. The number of carboxylic acid groups (broad SMARTS) is 3. The number of aliphatic carboxylic acids is 3. The Hall–Kier alpha value is -5.58. The van der Waals surface area contributed by atoms with E-state index in [1.54, 1.807) is 0 Å². The number of benzene rings is 1. The number of hydrogen-bond acceptors (Lipinski definition) is 16. The summed E-state index contributed by atoms with van der Waals surface area (Å²) in [5, 5.41) is 53.6. The number of carboxylic acids is 3. The summed E-state index contributed by atoms with van der Waals surface area (Å²) in [6.45, 7) is 2.64. The van der Waals surface area contributed by atoms with Crippen LogP contribution in [-0.2, 0) is 28.8 Å². The number of amides is 3. The molecular formula is C33H34N7O13S2+. The van der Waals surface area contributed by atoms with Crippen molar-refractivity contribution in [3.8, 4) is 11.5 Å². The minimum Gasteiger partial charge on any atom is -0.504 e. The van der Waals surface area contributed by atoms with E-state index in [1.165, 1.54) is 22.0 Å². The standard InChI is InChI=1S/C33H33N7O13S2/c34-32-36-18(11-55-32)24(37-53-22(30(49)50)8-23(44)45)21(43)7-17-26(46)38-25(31(51)52)14(10-54-29(17)38)9-40-3-1-33(13-40,2-4-40)12-35-39-27(47)15-5-19(41)20(42)6-16(15)28(39)48/h5-6,11,17,22,29,35H,1-4,7-10,12-13H2,(H6-,34,36,37,41,42,43,44,45,47,48,49,50,51,52)/p+1/t17-,22+,29-,33?,40?/m1/s1. The van der Waals surface area contributed by atoms with Crippen molar-refractivity contribution in [1.29, 1.82) is 0 Å². The number of nitrogen functional groups attached to an aromatic ring is 1. The highest BCUT2D eigenvalue weighted by atomic mass is 32.2.